The molecule has 2 rings (SSSR count). The van der Waals surface area contributed by atoms with Crippen molar-refractivity contribution < 1.29 is 8.42 Å². The van der Waals surface area contributed by atoms with Crippen LogP contribution in [0, 0.1) is 5.92 Å². The summed E-state index contributed by atoms with van der Waals surface area (Å²) in [6.07, 6.45) is 8.92. The third-order valence-corrected chi connectivity index (χ3v) is 7.40. The second-order valence-electron chi connectivity index (χ2n) is 7.03. The SMILES string of the molecule is CCC=C(C1=CC(N)(S(=O)(=O)CC(C)CC)C(N)C=C1)c1ccccc1. The van der Waals surface area contributed by atoms with Crippen LogP contribution in [0.15, 0.2) is 60.2 Å². The molecule has 1 aliphatic carbocycles. The number of nitrogens with two attached hydrogens (primary N) is 2. The van der Waals surface area contributed by atoms with E-state index >= 15 is 0 Å². The van der Waals surface area contributed by atoms with Crippen LogP contribution in [0.5, 0.6) is 0 Å². The van der Waals surface area contributed by atoms with Gasteiger partial charge in [-0.2, -0.15) is 0 Å². The summed E-state index contributed by atoms with van der Waals surface area (Å²) < 4.78 is 26.1. The summed E-state index contributed by atoms with van der Waals surface area (Å²) in [7, 11) is -3.61. The standard InChI is InChI=1S/C21H30N2O2S/c1-4-9-19(17-10-7-6-8-11-17)18-12-13-20(22)21(23,14-18)26(24,25)15-16(3)5-2/h6-14,16,20H,4-5,15,22-23H2,1-3H3. The van der Waals surface area contributed by atoms with Crippen molar-refractivity contribution >= 4 is 15.4 Å². The van der Waals surface area contributed by atoms with Crippen LogP contribution in [0.4, 0.5) is 0 Å². The largest absolute Gasteiger partial charge is 0.322 e. The minimum absolute atomic E-state index is 0.0312. The number of sulfone groups is 1. The molecule has 1 aliphatic rings. The fourth-order valence-corrected chi connectivity index (χ4v) is 5.14. The summed E-state index contributed by atoms with van der Waals surface area (Å²) in [5, 5.41) is 0. The van der Waals surface area contributed by atoms with Crippen molar-refractivity contribution in [3.8, 4) is 0 Å². The summed E-state index contributed by atoms with van der Waals surface area (Å²) in [5.41, 5.74) is 15.4. The van der Waals surface area contributed by atoms with Crippen LogP contribution in [0.25, 0.3) is 5.57 Å². The number of rotatable bonds is 7. The van der Waals surface area contributed by atoms with E-state index in [1.54, 1.807) is 12.2 Å². The highest BCUT2D eigenvalue weighted by molar-refractivity contribution is 7.93. The lowest BCUT2D eigenvalue weighted by molar-refractivity contribution is 0.513. The van der Waals surface area contributed by atoms with Gasteiger partial charge in [-0.25, -0.2) is 8.42 Å². The second-order valence-corrected chi connectivity index (χ2v) is 9.29. The first kappa shape index (κ1) is 20.6. The maximum atomic E-state index is 13.0. The zero-order valence-electron chi connectivity index (χ0n) is 15.9. The molecule has 3 atom stereocenters. The van der Waals surface area contributed by atoms with E-state index in [1.807, 2.05) is 50.3 Å². The molecular weight excluding hydrogens is 344 g/mol. The summed E-state index contributed by atoms with van der Waals surface area (Å²) >= 11 is 0. The van der Waals surface area contributed by atoms with Crippen molar-refractivity contribution in [1.29, 1.82) is 0 Å². The Bertz CT molecular complexity index is 810. The molecule has 0 saturated carbocycles. The molecule has 0 aliphatic heterocycles. The Morgan fingerprint density at radius 2 is 1.92 bits per heavy atom. The van der Waals surface area contributed by atoms with Crippen molar-refractivity contribution in [1.82, 2.24) is 0 Å². The number of benzene rings is 1. The quantitative estimate of drug-likeness (QED) is 0.766. The first-order chi connectivity index (χ1) is 12.2. The molecule has 0 radical (unpaired) electrons. The highest BCUT2D eigenvalue weighted by Crippen LogP contribution is 2.33. The lowest BCUT2D eigenvalue weighted by atomic mass is 9.89. The first-order valence-corrected chi connectivity index (χ1v) is 10.8. The van der Waals surface area contributed by atoms with Crippen molar-refractivity contribution in [2.75, 3.05) is 5.75 Å². The van der Waals surface area contributed by atoms with E-state index in [2.05, 4.69) is 13.0 Å². The van der Waals surface area contributed by atoms with E-state index in [9.17, 15) is 8.42 Å². The van der Waals surface area contributed by atoms with Crippen LogP contribution in [0.3, 0.4) is 0 Å². The Hall–Kier alpha value is -1.69. The molecule has 0 spiro atoms. The molecule has 0 heterocycles. The van der Waals surface area contributed by atoms with Gasteiger partial charge in [-0.15, -0.1) is 0 Å². The monoisotopic (exact) mass is 374 g/mol. The van der Waals surface area contributed by atoms with Crippen molar-refractivity contribution in [3.63, 3.8) is 0 Å². The lowest BCUT2D eigenvalue weighted by Gasteiger charge is -2.34. The summed E-state index contributed by atoms with van der Waals surface area (Å²) in [4.78, 5) is -1.60. The fraction of sp³-hybridized carbons (Fsp3) is 0.429. The van der Waals surface area contributed by atoms with Crippen LogP contribution in [-0.4, -0.2) is 25.1 Å². The average molecular weight is 375 g/mol. The molecule has 26 heavy (non-hydrogen) atoms. The minimum Gasteiger partial charge on any atom is -0.322 e. The fourth-order valence-electron chi connectivity index (χ4n) is 3.07. The molecule has 1 aromatic carbocycles. The van der Waals surface area contributed by atoms with Crippen molar-refractivity contribution in [2.45, 2.75) is 44.5 Å². The van der Waals surface area contributed by atoms with E-state index < -0.39 is 20.8 Å². The summed E-state index contributed by atoms with van der Waals surface area (Å²) in [6.45, 7) is 5.95. The molecule has 0 saturated heterocycles. The molecule has 3 unspecified atom stereocenters. The van der Waals surface area contributed by atoms with Gasteiger partial charge in [-0.1, -0.05) is 75.8 Å². The molecule has 5 heteroatoms. The minimum atomic E-state index is -3.61. The van der Waals surface area contributed by atoms with Crippen LogP contribution in [0.2, 0.25) is 0 Å². The van der Waals surface area contributed by atoms with E-state index in [0.29, 0.717) is 0 Å². The highest BCUT2D eigenvalue weighted by atomic mass is 32.2. The molecular formula is C21H30N2O2S. The van der Waals surface area contributed by atoms with Crippen LogP contribution < -0.4 is 11.5 Å². The maximum Gasteiger partial charge on any atom is 0.174 e. The van der Waals surface area contributed by atoms with Gasteiger partial charge in [-0.05, 0) is 35.1 Å². The molecule has 142 valence electrons. The van der Waals surface area contributed by atoms with Crippen LogP contribution in [-0.2, 0) is 9.84 Å². The van der Waals surface area contributed by atoms with Gasteiger partial charge in [0, 0.05) is 0 Å². The Balaban J connectivity index is 2.51. The van der Waals surface area contributed by atoms with Gasteiger partial charge in [0.1, 0.15) is 0 Å². The number of hydrogen-bond acceptors (Lipinski definition) is 4. The molecule has 4 N–H and O–H groups in total. The van der Waals surface area contributed by atoms with Crippen molar-refractivity contribution in [2.24, 2.45) is 17.4 Å². The third kappa shape index (κ3) is 4.17. The van der Waals surface area contributed by atoms with Gasteiger partial charge in [-0.3, -0.25) is 0 Å². The first-order valence-electron chi connectivity index (χ1n) is 9.19. The molecule has 4 nitrogen and oxygen atoms in total. The van der Waals surface area contributed by atoms with E-state index in [1.165, 1.54) is 0 Å². The van der Waals surface area contributed by atoms with E-state index in [4.69, 9.17) is 11.5 Å². The number of hydrogen-bond donors (Lipinski definition) is 2. The number of allylic oxidation sites excluding steroid dienone is 4. The third-order valence-electron chi connectivity index (χ3n) is 4.93. The smallest absolute Gasteiger partial charge is 0.174 e. The van der Waals surface area contributed by atoms with Gasteiger partial charge in [0.25, 0.3) is 0 Å². The van der Waals surface area contributed by atoms with Crippen LogP contribution >= 0.6 is 0 Å². The summed E-state index contributed by atoms with van der Waals surface area (Å²) in [5.74, 6) is 0.0684. The Kier molecular flexibility index (Phi) is 6.61. The van der Waals surface area contributed by atoms with E-state index in [0.717, 1.165) is 29.6 Å². The summed E-state index contributed by atoms with van der Waals surface area (Å²) in [6, 6.07) is 9.14. The predicted octanol–water partition coefficient (Wildman–Crippen LogP) is 3.42. The molecule has 0 aromatic heterocycles. The second kappa shape index (κ2) is 8.33. The normalized spacial score (nSPS) is 25.0. The van der Waals surface area contributed by atoms with Gasteiger partial charge in [0.15, 0.2) is 14.7 Å². The van der Waals surface area contributed by atoms with E-state index in [-0.39, 0.29) is 11.7 Å². The van der Waals surface area contributed by atoms with Gasteiger partial charge in [0.05, 0.1) is 11.8 Å². The maximum absolute atomic E-state index is 13.0. The molecule has 0 amide bonds. The highest BCUT2D eigenvalue weighted by Gasteiger charge is 2.44. The topological polar surface area (TPSA) is 86.2 Å². The average Bonchev–Trinajstić information content (AvgIpc) is 2.62. The van der Waals surface area contributed by atoms with Crippen molar-refractivity contribution in [3.05, 3.63) is 65.8 Å². The molecule has 0 bridgehead atoms. The van der Waals surface area contributed by atoms with Gasteiger partial charge in [0.2, 0.25) is 0 Å². The van der Waals surface area contributed by atoms with Crippen LogP contribution in [0.1, 0.15) is 39.2 Å². The Labute approximate surface area is 157 Å². The zero-order chi connectivity index (χ0) is 19.4. The predicted molar refractivity (Wildman–Crippen MR) is 110 cm³/mol. The Morgan fingerprint density at radius 3 is 2.50 bits per heavy atom. The molecule has 1 aromatic rings. The Morgan fingerprint density at radius 1 is 1.27 bits per heavy atom. The zero-order valence-corrected chi connectivity index (χ0v) is 16.7. The van der Waals surface area contributed by atoms with Gasteiger partial charge >= 0.3 is 0 Å². The lowest BCUT2D eigenvalue weighted by Crippen LogP contribution is -2.60. The molecule has 0 fully saturated rings. The van der Waals surface area contributed by atoms with Gasteiger partial charge < -0.3 is 11.5 Å².